The molecule has 0 radical (unpaired) electrons. The van der Waals surface area contributed by atoms with Crippen LogP contribution in [0.2, 0.25) is 0 Å². The minimum Gasteiger partial charge on any atom is -0.373 e. The van der Waals surface area contributed by atoms with Crippen LogP contribution in [-0.2, 0) is 4.74 Å². The Balaban J connectivity index is 2.15. The summed E-state index contributed by atoms with van der Waals surface area (Å²) in [5.41, 5.74) is 2.12. The van der Waals surface area contributed by atoms with Crippen LogP contribution in [0.25, 0.3) is 0 Å². The van der Waals surface area contributed by atoms with Crippen molar-refractivity contribution in [3.63, 3.8) is 0 Å². The first-order valence-corrected chi connectivity index (χ1v) is 6.38. The number of nitro groups is 1. The lowest BCUT2D eigenvalue weighted by atomic mass is 10.1. The third kappa shape index (κ3) is 3.21. The van der Waals surface area contributed by atoms with E-state index in [9.17, 15) is 10.1 Å². The summed E-state index contributed by atoms with van der Waals surface area (Å²) in [7, 11) is 1.90. The highest BCUT2D eigenvalue weighted by molar-refractivity contribution is 5.57. The summed E-state index contributed by atoms with van der Waals surface area (Å²) in [5, 5.41) is 13.8. The van der Waals surface area contributed by atoms with Crippen molar-refractivity contribution in [2.45, 2.75) is 13.0 Å². The van der Waals surface area contributed by atoms with E-state index in [0.29, 0.717) is 6.61 Å². The van der Waals surface area contributed by atoms with E-state index in [1.54, 1.807) is 12.1 Å². The van der Waals surface area contributed by atoms with E-state index in [0.717, 1.165) is 30.9 Å². The Kier molecular flexibility index (Phi) is 4.34. The van der Waals surface area contributed by atoms with Crippen LogP contribution in [0.4, 0.5) is 11.4 Å². The van der Waals surface area contributed by atoms with Gasteiger partial charge in [0.2, 0.25) is 0 Å². The number of hydrogen-bond acceptors (Lipinski definition) is 5. The van der Waals surface area contributed by atoms with Crippen LogP contribution >= 0.6 is 0 Å². The zero-order chi connectivity index (χ0) is 13.8. The fraction of sp³-hybridized carbons (Fsp3) is 0.538. The topological polar surface area (TPSA) is 67.6 Å². The minimum absolute atomic E-state index is 0.140. The van der Waals surface area contributed by atoms with Crippen LogP contribution in [0.1, 0.15) is 5.56 Å². The lowest BCUT2D eigenvalue weighted by Crippen LogP contribution is -2.46. The number of nitrogens with one attached hydrogen (secondary N) is 1. The highest BCUT2D eigenvalue weighted by Crippen LogP contribution is 2.26. The van der Waals surface area contributed by atoms with Gasteiger partial charge in [0.1, 0.15) is 0 Å². The van der Waals surface area contributed by atoms with Crippen molar-refractivity contribution in [2.75, 3.05) is 38.2 Å². The molecule has 1 N–H and O–H groups in total. The standard InChI is InChI=1S/C13H19N3O3/c1-10-7-11(16(17)18)3-4-13(10)15-5-6-19-12(9-15)8-14-2/h3-4,7,12,14H,5-6,8-9H2,1-2H3. The van der Waals surface area contributed by atoms with E-state index in [2.05, 4.69) is 10.2 Å². The first-order valence-electron chi connectivity index (χ1n) is 6.38. The van der Waals surface area contributed by atoms with Gasteiger partial charge >= 0.3 is 0 Å². The maximum absolute atomic E-state index is 10.7. The van der Waals surface area contributed by atoms with Gasteiger partial charge < -0.3 is 15.0 Å². The molecule has 19 heavy (non-hydrogen) atoms. The van der Waals surface area contributed by atoms with Crippen molar-refractivity contribution >= 4 is 11.4 Å². The normalized spacial score (nSPS) is 19.5. The van der Waals surface area contributed by atoms with E-state index in [1.165, 1.54) is 0 Å². The molecule has 1 aliphatic rings. The molecule has 104 valence electrons. The van der Waals surface area contributed by atoms with Crippen LogP contribution in [0.5, 0.6) is 0 Å². The first kappa shape index (κ1) is 13.8. The first-order chi connectivity index (χ1) is 9.11. The summed E-state index contributed by atoms with van der Waals surface area (Å²) in [4.78, 5) is 12.6. The number of morpholine rings is 1. The number of nitrogens with zero attached hydrogens (tertiary/aromatic N) is 2. The van der Waals surface area contributed by atoms with Gasteiger partial charge in [0.05, 0.1) is 17.6 Å². The molecule has 1 aliphatic heterocycles. The molecule has 0 amide bonds. The molecule has 6 heteroatoms. The predicted molar refractivity (Wildman–Crippen MR) is 73.7 cm³/mol. The summed E-state index contributed by atoms with van der Waals surface area (Å²) in [5.74, 6) is 0. The van der Waals surface area contributed by atoms with Gasteiger partial charge in [0.25, 0.3) is 5.69 Å². The molecule has 1 aromatic rings. The number of anilines is 1. The second-order valence-corrected chi connectivity index (χ2v) is 4.72. The van der Waals surface area contributed by atoms with Crippen molar-refractivity contribution in [1.82, 2.24) is 5.32 Å². The van der Waals surface area contributed by atoms with Gasteiger partial charge in [0.15, 0.2) is 0 Å². The van der Waals surface area contributed by atoms with E-state index < -0.39 is 0 Å². The average molecular weight is 265 g/mol. The molecule has 0 aromatic heterocycles. The zero-order valence-electron chi connectivity index (χ0n) is 11.3. The maximum atomic E-state index is 10.7. The second kappa shape index (κ2) is 5.99. The molecule has 1 fully saturated rings. The van der Waals surface area contributed by atoms with E-state index in [1.807, 2.05) is 20.0 Å². The molecule has 1 saturated heterocycles. The molecule has 0 saturated carbocycles. The van der Waals surface area contributed by atoms with Crippen LogP contribution in [0, 0.1) is 17.0 Å². The van der Waals surface area contributed by atoms with Gasteiger partial charge in [-0.25, -0.2) is 0 Å². The number of benzene rings is 1. The summed E-state index contributed by atoms with van der Waals surface area (Å²) in [6, 6.07) is 5.01. The highest BCUT2D eigenvalue weighted by atomic mass is 16.6. The SMILES string of the molecule is CNCC1CN(c2ccc([N+](=O)[O-])cc2C)CCO1. The molecular weight excluding hydrogens is 246 g/mol. The van der Waals surface area contributed by atoms with Crippen LogP contribution < -0.4 is 10.2 Å². The molecule has 2 rings (SSSR count). The summed E-state index contributed by atoms with van der Waals surface area (Å²) >= 11 is 0. The monoisotopic (exact) mass is 265 g/mol. The maximum Gasteiger partial charge on any atom is 0.269 e. The van der Waals surface area contributed by atoms with E-state index >= 15 is 0 Å². The second-order valence-electron chi connectivity index (χ2n) is 4.72. The molecule has 0 aliphatic carbocycles. The van der Waals surface area contributed by atoms with Crippen molar-refractivity contribution in [3.05, 3.63) is 33.9 Å². The average Bonchev–Trinajstić information content (AvgIpc) is 2.39. The fourth-order valence-corrected chi connectivity index (χ4v) is 2.40. The molecule has 1 heterocycles. The molecule has 0 bridgehead atoms. The molecule has 1 aromatic carbocycles. The summed E-state index contributed by atoms with van der Waals surface area (Å²) in [6.07, 6.45) is 0.161. The van der Waals surface area contributed by atoms with Crippen LogP contribution in [0.3, 0.4) is 0 Å². The molecule has 6 nitrogen and oxygen atoms in total. The Morgan fingerprint density at radius 2 is 2.37 bits per heavy atom. The Bertz CT molecular complexity index is 462. The van der Waals surface area contributed by atoms with Gasteiger partial charge in [0, 0.05) is 37.5 Å². The van der Waals surface area contributed by atoms with E-state index in [-0.39, 0.29) is 16.7 Å². The van der Waals surface area contributed by atoms with Gasteiger partial charge in [-0.3, -0.25) is 10.1 Å². The van der Waals surface area contributed by atoms with E-state index in [4.69, 9.17) is 4.74 Å². The van der Waals surface area contributed by atoms with Gasteiger partial charge in [-0.2, -0.15) is 0 Å². The quantitative estimate of drug-likeness (QED) is 0.657. The van der Waals surface area contributed by atoms with Gasteiger partial charge in [-0.15, -0.1) is 0 Å². The number of hydrogen-bond donors (Lipinski definition) is 1. The lowest BCUT2D eigenvalue weighted by molar-refractivity contribution is -0.384. The fourth-order valence-electron chi connectivity index (χ4n) is 2.40. The number of aryl methyl sites for hydroxylation is 1. The largest absolute Gasteiger partial charge is 0.373 e. The zero-order valence-corrected chi connectivity index (χ0v) is 11.3. The summed E-state index contributed by atoms with van der Waals surface area (Å²) in [6.45, 7) is 5.02. The van der Waals surface area contributed by atoms with Crippen molar-refractivity contribution < 1.29 is 9.66 Å². The van der Waals surface area contributed by atoms with Crippen molar-refractivity contribution in [3.8, 4) is 0 Å². The Labute approximate surface area is 112 Å². The lowest BCUT2D eigenvalue weighted by Gasteiger charge is -2.35. The van der Waals surface area contributed by atoms with Crippen molar-refractivity contribution in [1.29, 1.82) is 0 Å². The number of ether oxygens (including phenoxy) is 1. The minimum atomic E-state index is -0.361. The highest BCUT2D eigenvalue weighted by Gasteiger charge is 2.21. The molecule has 1 atom stereocenters. The number of rotatable bonds is 4. The third-order valence-corrected chi connectivity index (χ3v) is 3.30. The molecule has 0 spiro atoms. The predicted octanol–water partition coefficient (Wildman–Crippen LogP) is 1.33. The molecular formula is C13H19N3O3. The Morgan fingerprint density at radius 1 is 1.58 bits per heavy atom. The number of nitro benzene ring substituents is 1. The third-order valence-electron chi connectivity index (χ3n) is 3.30. The van der Waals surface area contributed by atoms with Crippen LogP contribution in [0.15, 0.2) is 18.2 Å². The number of likely N-dealkylation sites (N-methyl/N-ethyl adjacent to an activating group) is 1. The Hall–Kier alpha value is -1.66. The number of non-ortho nitro benzene ring substituents is 1. The van der Waals surface area contributed by atoms with Gasteiger partial charge in [-0.05, 0) is 25.6 Å². The van der Waals surface area contributed by atoms with Crippen molar-refractivity contribution in [2.24, 2.45) is 0 Å². The van der Waals surface area contributed by atoms with Crippen LogP contribution in [-0.4, -0.2) is 44.3 Å². The van der Waals surface area contributed by atoms with Gasteiger partial charge in [-0.1, -0.05) is 0 Å². The summed E-state index contributed by atoms with van der Waals surface area (Å²) < 4.78 is 5.66. The smallest absolute Gasteiger partial charge is 0.269 e. The Morgan fingerprint density at radius 3 is 3.00 bits per heavy atom. The molecule has 1 unspecified atom stereocenters.